The van der Waals surface area contributed by atoms with Crippen molar-refractivity contribution in [3.63, 3.8) is 0 Å². The lowest BCUT2D eigenvalue weighted by Gasteiger charge is -2.35. The van der Waals surface area contributed by atoms with Gasteiger partial charge >= 0.3 is 6.09 Å². The van der Waals surface area contributed by atoms with Crippen LogP contribution in [0.25, 0.3) is 0 Å². The van der Waals surface area contributed by atoms with E-state index in [9.17, 15) is 9.59 Å². The second kappa shape index (κ2) is 10.3. The number of nitrogens with zero attached hydrogens (tertiary/aromatic N) is 2. The van der Waals surface area contributed by atoms with Crippen LogP contribution in [-0.2, 0) is 9.53 Å². The normalized spacial score (nSPS) is 17.8. The summed E-state index contributed by atoms with van der Waals surface area (Å²) in [6.07, 6.45) is 2.35. The summed E-state index contributed by atoms with van der Waals surface area (Å²) in [5.41, 5.74) is 0.313. The first-order valence-corrected chi connectivity index (χ1v) is 10.6. The molecule has 0 radical (unpaired) electrons. The molecule has 2 rings (SSSR count). The molecule has 156 valence electrons. The number of piperidine rings is 1. The number of anilines is 1. The Morgan fingerprint density at radius 2 is 2.04 bits per heavy atom. The fourth-order valence-corrected chi connectivity index (χ4v) is 3.72. The smallest absolute Gasteiger partial charge is 0.410 e. The van der Waals surface area contributed by atoms with Crippen LogP contribution in [0.2, 0.25) is 0 Å². The van der Waals surface area contributed by atoms with Crippen molar-refractivity contribution in [3.05, 3.63) is 28.7 Å². The number of likely N-dealkylation sites (tertiary alicyclic amines) is 1. The van der Waals surface area contributed by atoms with E-state index in [2.05, 4.69) is 26.1 Å². The highest BCUT2D eigenvalue weighted by Crippen LogP contribution is 2.22. The second-order valence-electron chi connectivity index (χ2n) is 8.45. The Kier molecular flexibility index (Phi) is 8.31. The number of carbonyl (C=O) groups is 2. The van der Waals surface area contributed by atoms with Gasteiger partial charge in [-0.05, 0) is 74.1 Å². The quantitative estimate of drug-likeness (QED) is 0.694. The van der Waals surface area contributed by atoms with Gasteiger partial charge in [0.15, 0.2) is 0 Å². The first-order valence-electron chi connectivity index (χ1n) is 9.85. The molecule has 0 saturated carbocycles. The van der Waals surface area contributed by atoms with Crippen molar-refractivity contribution in [2.45, 2.75) is 45.6 Å². The molecule has 1 unspecified atom stereocenters. The van der Waals surface area contributed by atoms with E-state index >= 15 is 0 Å². The number of hydrogen-bond acceptors (Lipinski definition) is 4. The zero-order chi connectivity index (χ0) is 20.7. The van der Waals surface area contributed by atoms with E-state index in [0.717, 1.165) is 42.6 Å². The Morgan fingerprint density at radius 1 is 1.32 bits per heavy atom. The van der Waals surface area contributed by atoms with Crippen molar-refractivity contribution in [1.29, 1.82) is 0 Å². The Balaban J connectivity index is 1.76. The van der Waals surface area contributed by atoms with Crippen LogP contribution >= 0.6 is 15.9 Å². The van der Waals surface area contributed by atoms with E-state index in [-0.39, 0.29) is 12.0 Å². The van der Waals surface area contributed by atoms with Gasteiger partial charge in [0.2, 0.25) is 5.91 Å². The third-order valence-electron chi connectivity index (χ3n) is 4.64. The molecular formula is C21H32BrN3O3. The number of para-hydroxylation sites is 1. The predicted octanol–water partition coefficient (Wildman–Crippen LogP) is 4.36. The van der Waals surface area contributed by atoms with Gasteiger partial charge in [0.1, 0.15) is 5.60 Å². The molecule has 1 aliphatic heterocycles. The van der Waals surface area contributed by atoms with Crippen LogP contribution in [-0.4, -0.2) is 60.6 Å². The Hall–Kier alpha value is -1.60. The van der Waals surface area contributed by atoms with Crippen molar-refractivity contribution in [3.8, 4) is 0 Å². The molecular weight excluding hydrogens is 422 g/mol. The summed E-state index contributed by atoms with van der Waals surface area (Å²) in [7, 11) is 1.79. The molecule has 6 nitrogen and oxygen atoms in total. The molecule has 1 aliphatic rings. The molecule has 1 atom stereocenters. The summed E-state index contributed by atoms with van der Waals surface area (Å²) in [6, 6.07) is 7.61. The summed E-state index contributed by atoms with van der Waals surface area (Å²) >= 11 is 3.45. The van der Waals surface area contributed by atoms with E-state index in [4.69, 9.17) is 4.74 Å². The molecule has 0 spiro atoms. The van der Waals surface area contributed by atoms with Crippen LogP contribution in [0.4, 0.5) is 10.5 Å². The van der Waals surface area contributed by atoms with Gasteiger partial charge in [-0.3, -0.25) is 4.79 Å². The molecule has 0 bridgehead atoms. The van der Waals surface area contributed by atoms with Gasteiger partial charge in [0, 0.05) is 37.6 Å². The number of hydrogen-bond donors (Lipinski definition) is 1. The van der Waals surface area contributed by atoms with Crippen LogP contribution < -0.4 is 5.32 Å². The van der Waals surface area contributed by atoms with E-state index in [1.807, 2.05) is 45.0 Å². The van der Waals surface area contributed by atoms with Gasteiger partial charge in [-0.2, -0.15) is 0 Å². The first-order chi connectivity index (χ1) is 13.1. The fraction of sp³-hybridized carbons (Fsp3) is 0.619. The number of carbonyl (C=O) groups excluding carboxylic acids is 2. The minimum absolute atomic E-state index is 0.0138. The summed E-state index contributed by atoms with van der Waals surface area (Å²) < 4.78 is 6.31. The highest BCUT2D eigenvalue weighted by Gasteiger charge is 2.25. The van der Waals surface area contributed by atoms with Crippen LogP contribution in [0.3, 0.4) is 0 Å². The third kappa shape index (κ3) is 7.80. The maximum atomic E-state index is 12.3. The lowest BCUT2D eigenvalue weighted by molar-refractivity contribution is -0.116. The summed E-state index contributed by atoms with van der Waals surface area (Å²) in [6.45, 7) is 8.92. The average Bonchev–Trinajstić information content (AvgIpc) is 2.61. The highest BCUT2D eigenvalue weighted by atomic mass is 79.9. The van der Waals surface area contributed by atoms with Crippen molar-refractivity contribution in [2.24, 2.45) is 5.92 Å². The monoisotopic (exact) mass is 453 g/mol. The molecule has 1 N–H and O–H groups in total. The van der Waals surface area contributed by atoms with Crippen molar-refractivity contribution >= 4 is 33.6 Å². The average molecular weight is 454 g/mol. The minimum Gasteiger partial charge on any atom is -0.444 e. The number of nitrogens with one attached hydrogen (secondary N) is 1. The molecule has 2 amide bonds. The molecule has 1 aromatic carbocycles. The standard InChI is InChI=1S/C21H32BrN3O3/c1-21(2,3)28-20(27)24(4)14-16-8-7-12-25(15-16)13-11-19(26)23-18-10-6-5-9-17(18)22/h5-6,9-10,16H,7-8,11-15H2,1-4H3,(H,23,26). The van der Waals surface area contributed by atoms with Gasteiger partial charge in [0.05, 0.1) is 5.69 Å². The SMILES string of the molecule is CN(CC1CCCN(CCC(=O)Nc2ccccc2Br)C1)C(=O)OC(C)(C)C. The Labute approximate surface area is 176 Å². The molecule has 0 aromatic heterocycles. The summed E-state index contributed by atoms with van der Waals surface area (Å²) in [4.78, 5) is 28.4. The van der Waals surface area contributed by atoms with Crippen LogP contribution in [0.5, 0.6) is 0 Å². The van der Waals surface area contributed by atoms with Crippen molar-refractivity contribution < 1.29 is 14.3 Å². The van der Waals surface area contributed by atoms with E-state index < -0.39 is 5.60 Å². The molecule has 28 heavy (non-hydrogen) atoms. The fourth-order valence-electron chi connectivity index (χ4n) is 3.34. The number of rotatable bonds is 6. The number of benzene rings is 1. The summed E-state index contributed by atoms with van der Waals surface area (Å²) in [5.74, 6) is 0.414. The van der Waals surface area contributed by atoms with Gasteiger partial charge in [-0.1, -0.05) is 12.1 Å². The largest absolute Gasteiger partial charge is 0.444 e. The van der Waals surface area contributed by atoms with E-state index in [1.165, 1.54) is 0 Å². The van der Waals surface area contributed by atoms with Crippen molar-refractivity contribution in [1.82, 2.24) is 9.80 Å². The third-order valence-corrected chi connectivity index (χ3v) is 5.33. The minimum atomic E-state index is -0.481. The van der Waals surface area contributed by atoms with Gasteiger partial charge in [-0.25, -0.2) is 4.79 Å². The Bertz CT molecular complexity index is 675. The van der Waals surface area contributed by atoms with Crippen LogP contribution in [0, 0.1) is 5.92 Å². The topological polar surface area (TPSA) is 61.9 Å². The van der Waals surface area contributed by atoms with Gasteiger partial charge < -0.3 is 19.9 Å². The lowest BCUT2D eigenvalue weighted by atomic mass is 9.97. The van der Waals surface area contributed by atoms with Gasteiger partial charge in [0.25, 0.3) is 0 Å². The van der Waals surface area contributed by atoms with Gasteiger partial charge in [-0.15, -0.1) is 0 Å². The Morgan fingerprint density at radius 3 is 2.71 bits per heavy atom. The molecule has 1 saturated heterocycles. The molecule has 1 fully saturated rings. The lowest BCUT2D eigenvalue weighted by Crippen LogP contribution is -2.43. The second-order valence-corrected chi connectivity index (χ2v) is 9.30. The molecule has 0 aliphatic carbocycles. The highest BCUT2D eigenvalue weighted by molar-refractivity contribution is 9.10. The first kappa shape index (κ1) is 22.7. The molecule has 1 heterocycles. The maximum Gasteiger partial charge on any atom is 0.410 e. The van der Waals surface area contributed by atoms with E-state index in [1.54, 1.807) is 11.9 Å². The van der Waals surface area contributed by atoms with Crippen molar-refractivity contribution in [2.75, 3.05) is 38.5 Å². The zero-order valence-corrected chi connectivity index (χ0v) is 18.9. The molecule has 1 aromatic rings. The molecule has 7 heteroatoms. The zero-order valence-electron chi connectivity index (χ0n) is 17.3. The summed E-state index contributed by atoms with van der Waals surface area (Å²) in [5, 5.41) is 2.95. The predicted molar refractivity (Wildman–Crippen MR) is 115 cm³/mol. The van der Waals surface area contributed by atoms with Crippen LogP contribution in [0.1, 0.15) is 40.0 Å². The number of ether oxygens (including phenoxy) is 1. The van der Waals surface area contributed by atoms with E-state index in [0.29, 0.717) is 18.9 Å². The maximum absolute atomic E-state index is 12.3. The number of amides is 2. The number of halogens is 1. The van der Waals surface area contributed by atoms with Crippen LogP contribution in [0.15, 0.2) is 28.7 Å².